The molecule has 1 N–H and O–H groups in total. The molecule has 0 saturated heterocycles. The molecule has 0 radical (unpaired) electrons. The first kappa shape index (κ1) is 15.0. The van der Waals surface area contributed by atoms with E-state index in [2.05, 4.69) is 28.2 Å². The van der Waals surface area contributed by atoms with Crippen LogP contribution in [0.5, 0.6) is 11.5 Å². The van der Waals surface area contributed by atoms with Crippen LogP contribution in [0.4, 0.5) is 4.39 Å². The normalized spacial score (nSPS) is 10.6. The lowest BCUT2D eigenvalue weighted by molar-refractivity contribution is 0.442. The summed E-state index contributed by atoms with van der Waals surface area (Å²) in [7, 11) is 0. The summed E-state index contributed by atoms with van der Waals surface area (Å²) in [5, 5.41) is 3.34. The van der Waals surface area contributed by atoms with Gasteiger partial charge in [-0.2, -0.15) is 0 Å². The van der Waals surface area contributed by atoms with Gasteiger partial charge in [-0.15, -0.1) is 0 Å². The van der Waals surface area contributed by atoms with Crippen LogP contribution in [0, 0.1) is 5.82 Å². The zero-order chi connectivity index (χ0) is 14.4. The Hall–Kier alpha value is -1.39. The van der Waals surface area contributed by atoms with E-state index in [4.69, 9.17) is 4.74 Å². The number of hydrogen-bond acceptors (Lipinski definition) is 2. The van der Waals surface area contributed by atoms with E-state index in [1.54, 1.807) is 18.2 Å². The summed E-state index contributed by atoms with van der Waals surface area (Å²) in [4.78, 5) is 0. The minimum atomic E-state index is -0.364. The molecule has 2 rings (SSSR count). The highest BCUT2D eigenvalue weighted by Gasteiger charge is 2.06. The number of rotatable bonds is 6. The summed E-state index contributed by atoms with van der Waals surface area (Å²) >= 11 is 3.52. The second-order valence-electron chi connectivity index (χ2n) is 4.46. The predicted molar refractivity (Wildman–Crippen MR) is 82.6 cm³/mol. The molecule has 0 unspecified atom stereocenters. The van der Waals surface area contributed by atoms with Gasteiger partial charge in [-0.1, -0.05) is 41.1 Å². The van der Waals surface area contributed by atoms with E-state index in [0.717, 1.165) is 29.5 Å². The third-order valence-corrected chi connectivity index (χ3v) is 3.57. The van der Waals surface area contributed by atoms with E-state index in [0.29, 0.717) is 5.75 Å². The molecular formula is C16H17BrFNO. The highest BCUT2D eigenvalue weighted by atomic mass is 79.9. The fourth-order valence-electron chi connectivity index (χ4n) is 1.79. The van der Waals surface area contributed by atoms with Crippen molar-refractivity contribution in [3.63, 3.8) is 0 Å². The maximum absolute atomic E-state index is 13.5. The second-order valence-corrected chi connectivity index (χ2v) is 5.32. The lowest BCUT2D eigenvalue weighted by Crippen LogP contribution is -2.14. The Bertz CT molecular complexity index is 574. The maximum atomic E-state index is 13.5. The van der Waals surface area contributed by atoms with Crippen LogP contribution < -0.4 is 10.1 Å². The zero-order valence-corrected chi connectivity index (χ0v) is 12.9. The molecule has 2 aromatic rings. The minimum Gasteiger partial charge on any atom is -0.454 e. The molecule has 0 aliphatic heterocycles. The van der Waals surface area contributed by atoms with Crippen molar-refractivity contribution in [2.24, 2.45) is 0 Å². The summed E-state index contributed by atoms with van der Waals surface area (Å²) in [6, 6.07) is 12.1. The Kier molecular flexibility index (Phi) is 5.56. The average Bonchev–Trinajstić information content (AvgIpc) is 2.44. The first-order valence-corrected chi connectivity index (χ1v) is 7.41. The van der Waals surface area contributed by atoms with Crippen molar-refractivity contribution in [1.29, 1.82) is 0 Å². The van der Waals surface area contributed by atoms with Gasteiger partial charge < -0.3 is 10.1 Å². The average molecular weight is 338 g/mol. The monoisotopic (exact) mass is 337 g/mol. The van der Waals surface area contributed by atoms with E-state index in [1.807, 2.05) is 18.2 Å². The minimum absolute atomic E-state index is 0.233. The fraction of sp³-hybridized carbons (Fsp3) is 0.250. The van der Waals surface area contributed by atoms with Gasteiger partial charge >= 0.3 is 0 Å². The molecule has 0 aliphatic rings. The van der Waals surface area contributed by atoms with Crippen LogP contribution in [0.2, 0.25) is 0 Å². The molecule has 0 bridgehead atoms. The van der Waals surface area contributed by atoms with Gasteiger partial charge in [0.2, 0.25) is 0 Å². The fourth-order valence-corrected chi connectivity index (χ4v) is 2.29. The number of halogens is 2. The summed E-state index contributed by atoms with van der Waals surface area (Å²) < 4.78 is 20.0. The third-order valence-electron chi connectivity index (χ3n) is 2.83. The summed E-state index contributed by atoms with van der Waals surface area (Å²) in [6.07, 6.45) is 1.10. The smallest absolute Gasteiger partial charge is 0.165 e. The maximum Gasteiger partial charge on any atom is 0.165 e. The Morgan fingerprint density at radius 3 is 2.70 bits per heavy atom. The van der Waals surface area contributed by atoms with Crippen LogP contribution in [0.25, 0.3) is 0 Å². The van der Waals surface area contributed by atoms with Crippen molar-refractivity contribution in [2.45, 2.75) is 19.9 Å². The number of nitrogens with one attached hydrogen (secondary N) is 1. The van der Waals surface area contributed by atoms with Gasteiger partial charge in [0.05, 0.1) is 0 Å². The molecular weight excluding hydrogens is 321 g/mol. The quantitative estimate of drug-likeness (QED) is 0.758. The molecule has 2 nitrogen and oxygen atoms in total. The van der Waals surface area contributed by atoms with Crippen LogP contribution in [0.3, 0.4) is 0 Å². The Morgan fingerprint density at radius 1 is 1.20 bits per heavy atom. The first-order chi connectivity index (χ1) is 9.70. The lowest BCUT2D eigenvalue weighted by Gasteiger charge is -2.10. The second kappa shape index (κ2) is 7.41. The van der Waals surface area contributed by atoms with Crippen LogP contribution >= 0.6 is 15.9 Å². The third kappa shape index (κ3) is 4.05. The van der Waals surface area contributed by atoms with Crippen LogP contribution in [-0.4, -0.2) is 6.54 Å². The van der Waals surface area contributed by atoms with Crippen molar-refractivity contribution in [3.05, 3.63) is 58.3 Å². The highest BCUT2D eigenvalue weighted by Crippen LogP contribution is 2.28. The van der Waals surface area contributed by atoms with E-state index in [1.165, 1.54) is 6.07 Å². The largest absolute Gasteiger partial charge is 0.454 e. The zero-order valence-electron chi connectivity index (χ0n) is 11.3. The number of benzene rings is 2. The van der Waals surface area contributed by atoms with Gasteiger partial charge in [0.25, 0.3) is 0 Å². The van der Waals surface area contributed by atoms with Gasteiger partial charge in [0, 0.05) is 11.0 Å². The molecule has 0 atom stereocenters. The number of para-hydroxylation sites is 1. The van der Waals surface area contributed by atoms with E-state index in [9.17, 15) is 4.39 Å². The summed E-state index contributed by atoms with van der Waals surface area (Å²) in [5.74, 6) is 0.481. The Balaban J connectivity index is 2.07. The molecule has 2 aromatic carbocycles. The van der Waals surface area contributed by atoms with Crippen molar-refractivity contribution in [1.82, 2.24) is 5.32 Å². The van der Waals surface area contributed by atoms with E-state index in [-0.39, 0.29) is 11.6 Å². The Morgan fingerprint density at radius 2 is 2.00 bits per heavy atom. The lowest BCUT2D eigenvalue weighted by atomic mass is 10.2. The molecule has 0 heterocycles. The van der Waals surface area contributed by atoms with Gasteiger partial charge in [-0.05, 0) is 42.8 Å². The molecule has 0 aromatic heterocycles. The standard InChI is InChI=1S/C16H17BrFNO/c1-2-9-19-11-12-7-8-13(10-14(12)17)20-16-6-4-3-5-15(16)18/h3-8,10,19H,2,9,11H2,1H3. The van der Waals surface area contributed by atoms with Gasteiger partial charge in [-0.25, -0.2) is 4.39 Å². The van der Waals surface area contributed by atoms with Crippen molar-refractivity contribution < 1.29 is 9.13 Å². The molecule has 0 saturated carbocycles. The Labute approximate surface area is 127 Å². The molecule has 0 spiro atoms. The number of ether oxygens (including phenoxy) is 1. The van der Waals surface area contributed by atoms with Gasteiger partial charge in [-0.3, -0.25) is 0 Å². The molecule has 20 heavy (non-hydrogen) atoms. The summed E-state index contributed by atoms with van der Waals surface area (Å²) in [5.41, 5.74) is 1.15. The van der Waals surface area contributed by atoms with E-state index < -0.39 is 0 Å². The van der Waals surface area contributed by atoms with Crippen molar-refractivity contribution in [2.75, 3.05) is 6.54 Å². The van der Waals surface area contributed by atoms with Crippen LogP contribution in [0.15, 0.2) is 46.9 Å². The number of hydrogen-bond donors (Lipinski definition) is 1. The molecule has 0 fully saturated rings. The highest BCUT2D eigenvalue weighted by molar-refractivity contribution is 9.10. The SMILES string of the molecule is CCCNCc1ccc(Oc2ccccc2F)cc1Br. The van der Waals surface area contributed by atoms with Gasteiger partial charge in [0.1, 0.15) is 5.75 Å². The molecule has 0 amide bonds. The molecule has 0 aliphatic carbocycles. The first-order valence-electron chi connectivity index (χ1n) is 6.62. The van der Waals surface area contributed by atoms with Crippen LogP contribution in [0.1, 0.15) is 18.9 Å². The topological polar surface area (TPSA) is 21.3 Å². The molecule has 4 heteroatoms. The van der Waals surface area contributed by atoms with Crippen LogP contribution in [-0.2, 0) is 6.54 Å². The van der Waals surface area contributed by atoms with Gasteiger partial charge in [0.15, 0.2) is 11.6 Å². The molecule has 106 valence electrons. The van der Waals surface area contributed by atoms with E-state index >= 15 is 0 Å². The summed E-state index contributed by atoms with van der Waals surface area (Å²) in [6.45, 7) is 3.92. The van der Waals surface area contributed by atoms with Crippen molar-refractivity contribution in [3.8, 4) is 11.5 Å². The predicted octanol–water partition coefficient (Wildman–Crippen LogP) is 4.88. The van der Waals surface area contributed by atoms with Crippen molar-refractivity contribution >= 4 is 15.9 Å².